The number of carbonyl (C=O) groups is 1. The van der Waals surface area contributed by atoms with E-state index in [-0.39, 0.29) is 11.9 Å². The zero-order valence-corrected chi connectivity index (χ0v) is 17.3. The van der Waals surface area contributed by atoms with Gasteiger partial charge in [0, 0.05) is 24.3 Å². The molecule has 0 radical (unpaired) electrons. The average Bonchev–Trinajstić information content (AvgIpc) is 3.30. The highest BCUT2D eigenvalue weighted by molar-refractivity contribution is 5.90. The van der Waals surface area contributed by atoms with Crippen molar-refractivity contribution in [1.29, 1.82) is 0 Å². The predicted molar refractivity (Wildman–Crippen MR) is 115 cm³/mol. The van der Waals surface area contributed by atoms with E-state index in [2.05, 4.69) is 22.4 Å². The van der Waals surface area contributed by atoms with Gasteiger partial charge in [-0.05, 0) is 43.0 Å². The van der Waals surface area contributed by atoms with Crippen LogP contribution in [0.2, 0.25) is 0 Å². The minimum Gasteiger partial charge on any atom is -0.497 e. The number of piperidine rings is 1. The molecule has 0 saturated carbocycles. The van der Waals surface area contributed by atoms with Crippen LogP contribution in [0.15, 0.2) is 53.1 Å². The number of ether oxygens (including phenoxy) is 1. The van der Waals surface area contributed by atoms with Crippen LogP contribution in [-0.4, -0.2) is 41.3 Å². The molecule has 1 unspecified atom stereocenters. The van der Waals surface area contributed by atoms with Gasteiger partial charge in [0.25, 0.3) is 0 Å². The minimum atomic E-state index is -0.0897. The molecule has 0 aliphatic carbocycles. The highest BCUT2D eigenvalue weighted by atomic mass is 16.5. The van der Waals surface area contributed by atoms with Gasteiger partial charge in [0.2, 0.25) is 11.7 Å². The molecule has 3 aromatic rings. The van der Waals surface area contributed by atoms with Crippen LogP contribution in [-0.2, 0) is 6.42 Å². The van der Waals surface area contributed by atoms with Crippen LogP contribution in [0.5, 0.6) is 5.75 Å². The molecule has 1 saturated heterocycles. The second-order valence-corrected chi connectivity index (χ2v) is 7.41. The van der Waals surface area contributed by atoms with E-state index in [1.165, 1.54) is 0 Å². The number of urea groups is 1. The molecule has 156 valence electrons. The second kappa shape index (κ2) is 8.98. The van der Waals surface area contributed by atoms with Gasteiger partial charge < -0.3 is 19.5 Å². The molecule has 2 heterocycles. The largest absolute Gasteiger partial charge is 0.497 e. The number of hydrogen-bond acceptors (Lipinski definition) is 5. The smallest absolute Gasteiger partial charge is 0.321 e. The summed E-state index contributed by atoms with van der Waals surface area (Å²) in [4.78, 5) is 19.3. The summed E-state index contributed by atoms with van der Waals surface area (Å²) in [7, 11) is 1.63. The third-order valence-corrected chi connectivity index (χ3v) is 5.47. The molecular weight excluding hydrogens is 380 g/mol. The number of carbonyl (C=O) groups excluding carboxylic acids is 1. The van der Waals surface area contributed by atoms with Crippen LogP contribution in [0.25, 0.3) is 11.4 Å². The summed E-state index contributed by atoms with van der Waals surface area (Å²) < 4.78 is 10.8. The highest BCUT2D eigenvalue weighted by Gasteiger charge is 2.29. The number of amides is 2. The normalized spacial score (nSPS) is 16.3. The first-order valence-electron chi connectivity index (χ1n) is 10.3. The van der Waals surface area contributed by atoms with Crippen molar-refractivity contribution in [3.8, 4) is 17.1 Å². The maximum absolute atomic E-state index is 12.8. The summed E-state index contributed by atoms with van der Waals surface area (Å²) >= 11 is 0. The zero-order chi connectivity index (χ0) is 20.9. The fourth-order valence-corrected chi connectivity index (χ4v) is 3.79. The van der Waals surface area contributed by atoms with Crippen molar-refractivity contribution in [2.45, 2.75) is 32.1 Å². The molecule has 2 amide bonds. The molecule has 1 fully saturated rings. The molecule has 1 aromatic heterocycles. The van der Waals surface area contributed by atoms with Crippen molar-refractivity contribution in [3.05, 3.63) is 60.0 Å². The lowest BCUT2D eigenvalue weighted by atomic mass is 9.98. The number of hydrogen-bond donors (Lipinski definition) is 1. The van der Waals surface area contributed by atoms with Gasteiger partial charge in [-0.15, -0.1) is 0 Å². The fraction of sp³-hybridized carbons (Fsp3) is 0.348. The number of rotatable bonds is 5. The Kier molecular flexibility index (Phi) is 5.97. The number of benzene rings is 2. The van der Waals surface area contributed by atoms with Crippen LogP contribution in [0.1, 0.15) is 37.1 Å². The van der Waals surface area contributed by atoms with E-state index in [0.29, 0.717) is 24.8 Å². The summed E-state index contributed by atoms with van der Waals surface area (Å²) in [5.74, 6) is 1.87. The first kappa shape index (κ1) is 19.9. The monoisotopic (exact) mass is 406 g/mol. The third kappa shape index (κ3) is 4.30. The van der Waals surface area contributed by atoms with Crippen molar-refractivity contribution in [1.82, 2.24) is 15.0 Å². The molecular formula is C23H26N4O3. The van der Waals surface area contributed by atoms with Crippen LogP contribution in [0.4, 0.5) is 10.5 Å². The standard InChI is InChI=1S/C23H26N4O3/c1-3-16-8-4-5-12-20(16)24-23(28)27-13-7-10-18(15-27)22-25-21(26-30-22)17-9-6-11-19(14-17)29-2/h4-6,8-9,11-12,14,18H,3,7,10,13,15H2,1-2H3,(H,24,28). The van der Waals surface area contributed by atoms with Gasteiger partial charge in [-0.3, -0.25) is 0 Å². The summed E-state index contributed by atoms with van der Waals surface area (Å²) in [6.07, 6.45) is 2.67. The number of aromatic nitrogens is 2. The molecule has 1 aliphatic rings. The Morgan fingerprint density at radius 1 is 1.27 bits per heavy atom. The molecule has 0 spiro atoms. The Labute approximate surface area is 176 Å². The van der Waals surface area contributed by atoms with E-state index >= 15 is 0 Å². The van der Waals surface area contributed by atoms with Crippen molar-refractivity contribution in [2.24, 2.45) is 0 Å². The number of nitrogens with zero attached hydrogens (tertiary/aromatic N) is 3. The number of para-hydroxylation sites is 1. The van der Waals surface area contributed by atoms with Crippen LogP contribution < -0.4 is 10.1 Å². The molecule has 1 atom stereocenters. The first-order valence-corrected chi connectivity index (χ1v) is 10.3. The van der Waals surface area contributed by atoms with Gasteiger partial charge in [0.1, 0.15) is 5.75 Å². The Morgan fingerprint density at radius 2 is 2.13 bits per heavy atom. The van der Waals surface area contributed by atoms with Gasteiger partial charge >= 0.3 is 6.03 Å². The van der Waals surface area contributed by atoms with E-state index in [9.17, 15) is 4.79 Å². The van der Waals surface area contributed by atoms with Gasteiger partial charge in [-0.1, -0.05) is 42.4 Å². The SMILES string of the molecule is CCc1ccccc1NC(=O)N1CCCC(c2nc(-c3cccc(OC)c3)no2)C1. The van der Waals surface area contributed by atoms with Crippen LogP contribution >= 0.6 is 0 Å². The first-order chi connectivity index (χ1) is 14.7. The van der Waals surface area contributed by atoms with Crippen LogP contribution in [0.3, 0.4) is 0 Å². The van der Waals surface area contributed by atoms with Gasteiger partial charge in [0.05, 0.1) is 13.0 Å². The van der Waals surface area contributed by atoms with Gasteiger partial charge in [-0.25, -0.2) is 4.79 Å². The fourth-order valence-electron chi connectivity index (χ4n) is 3.79. The predicted octanol–water partition coefficient (Wildman–Crippen LogP) is 4.72. The Balaban J connectivity index is 1.45. The minimum absolute atomic E-state index is 0.0257. The molecule has 7 nitrogen and oxygen atoms in total. The van der Waals surface area contributed by atoms with Crippen molar-refractivity contribution in [2.75, 3.05) is 25.5 Å². The quantitative estimate of drug-likeness (QED) is 0.663. The summed E-state index contributed by atoms with van der Waals surface area (Å²) in [5.41, 5.74) is 2.83. The average molecular weight is 406 g/mol. The van der Waals surface area contributed by atoms with Crippen LogP contribution in [0, 0.1) is 0 Å². The van der Waals surface area contributed by atoms with E-state index in [1.807, 2.05) is 53.4 Å². The van der Waals surface area contributed by atoms with E-state index in [4.69, 9.17) is 9.26 Å². The maximum atomic E-state index is 12.8. The van der Waals surface area contributed by atoms with E-state index < -0.39 is 0 Å². The lowest BCUT2D eigenvalue weighted by Crippen LogP contribution is -2.41. The number of likely N-dealkylation sites (tertiary alicyclic amines) is 1. The Hall–Kier alpha value is -3.35. The zero-order valence-electron chi connectivity index (χ0n) is 17.3. The molecule has 1 N–H and O–H groups in total. The summed E-state index contributed by atoms with van der Waals surface area (Å²) in [6.45, 7) is 3.35. The van der Waals surface area contributed by atoms with Crippen molar-refractivity contribution < 1.29 is 14.1 Å². The molecule has 30 heavy (non-hydrogen) atoms. The third-order valence-electron chi connectivity index (χ3n) is 5.47. The molecule has 0 bridgehead atoms. The van der Waals surface area contributed by atoms with Crippen molar-refractivity contribution >= 4 is 11.7 Å². The highest BCUT2D eigenvalue weighted by Crippen LogP contribution is 2.29. The molecule has 4 rings (SSSR count). The lowest BCUT2D eigenvalue weighted by molar-refractivity contribution is 0.184. The number of methoxy groups -OCH3 is 1. The number of nitrogens with one attached hydrogen (secondary N) is 1. The Morgan fingerprint density at radius 3 is 2.97 bits per heavy atom. The molecule has 1 aliphatic heterocycles. The summed E-state index contributed by atoms with van der Waals surface area (Å²) in [6, 6.07) is 15.4. The topological polar surface area (TPSA) is 80.5 Å². The second-order valence-electron chi connectivity index (χ2n) is 7.41. The molecule has 2 aromatic carbocycles. The van der Waals surface area contributed by atoms with Crippen molar-refractivity contribution in [3.63, 3.8) is 0 Å². The van der Waals surface area contributed by atoms with E-state index in [1.54, 1.807) is 7.11 Å². The van der Waals surface area contributed by atoms with Gasteiger partial charge in [0.15, 0.2) is 0 Å². The van der Waals surface area contributed by atoms with Gasteiger partial charge in [-0.2, -0.15) is 4.98 Å². The lowest BCUT2D eigenvalue weighted by Gasteiger charge is -2.31. The summed E-state index contributed by atoms with van der Waals surface area (Å²) in [5, 5.41) is 7.19. The maximum Gasteiger partial charge on any atom is 0.321 e. The number of anilines is 1. The van der Waals surface area contributed by atoms with E-state index in [0.717, 1.165) is 41.8 Å². The molecule has 7 heteroatoms. The Bertz CT molecular complexity index is 1020. The number of aryl methyl sites for hydroxylation is 1.